The number of ether oxygens (including phenoxy) is 10. The molecule has 2 aliphatic heterocycles. The van der Waals surface area contributed by atoms with E-state index in [2.05, 4.69) is 0 Å². The summed E-state index contributed by atoms with van der Waals surface area (Å²) in [5, 5.41) is 0. The van der Waals surface area contributed by atoms with E-state index in [1.165, 1.54) is 30.4 Å². The number of halogens is 1. The predicted molar refractivity (Wildman–Crippen MR) is 221 cm³/mol. The number of benzene rings is 2. The highest BCUT2D eigenvalue weighted by Gasteiger charge is 2.55. The molecule has 65 heavy (non-hydrogen) atoms. The van der Waals surface area contributed by atoms with Crippen LogP contribution in [0, 0.1) is 12.7 Å². The van der Waals surface area contributed by atoms with Gasteiger partial charge in [0, 0.05) is 71.6 Å². The molecule has 10 atom stereocenters. The lowest BCUT2D eigenvalue weighted by Gasteiger charge is -2.44. The second-order valence-electron chi connectivity index (χ2n) is 15.2. The van der Waals surface area contributed by atoms with Crippen LogP contribution in [0.5, 0.6) is 0 Å². The zero-order valence-corrected chi connectivity index (χ0v) is 37.8. The van der Waals surface area contributed by atoms with Crippen LogP contribution < -0.4 is 0 Å². The van der Waals surface area contributed by atoms with Crippen molar-refractivity contribution in [2.24, 2.45) is 0 Å². The molecular weight excluding hydrogens is 880 g/mol. The summed E-state index contributed by atoms with van der Waals surface area (Å²) < 4.78 is 71.8. The Bertz CT molecular complexity index is 2310. The number of hydrogen-bond donors (Lipinski definition) is 0. The maximum Gasteiger partial charge on any atom is 0.305 e. The molecule has 0 radical (unpaired) electrons. The Morgan fingerprint density at radius 2 is 1.08 bits per heavy atom. The lowest BCUT2D eigenvalue weighted by molar-refractivity contribution is -0.298. The third-order valence-electron chi connectivity index (χ3n) is 9.99. The summed E-state index contributed by atoms with van der Waals surface area (Å²) in [6.45, 7) is 10.4. The monoisotopic (exact) mass is 928 g/mol. The van der Waals surface area contributed by atoms with E-state index in [1.807, 2.05) is 25.1 Å². The van der Waals surface area contributed by atoms with Gasteiger partial charge in [0.25, 0.3) is 0 Å². The second-order valence-corrected chi connectivity index (χ2v) is 16.4. The van der Waals surface area contributed by atoms with Crippen molar-refractivity contribution in [2.45, 2.75) is 130 Å². The molecule has 2 aromatic carbocycles. The van der Waals surface area contributed by atoms with E-state index in [-0.39, 0.29) is 5.56 Å². The molecule has 2 unspecified atom stereocenters. The fourth-order valence-corrected chi connectivity index (χ4v) is 8.72. The highest BCUT2D eigenvalue weighted by Crippen LogP contribution is 2.44. The Kier molecular flexibility index (Phi) is 16.6. The predicted octanol–water partition coefficient (Wildman–Crippen LogP) is 5.01. The lowest BCUT2D eigenvalue weighted by Crippen LogP contribution is -2.59. The first-order valence-corrected chi connectivity index (χ1v) is 21.1. The highest BCUT2D eigenvalue weighted by molar-refractivity contribution is 7.15. The first kappa shape index (κ1) is 49.8. The summed E-state index contributed by atoms with van der Waals surface area (Å²) in [5.41, 5.74) is 2.61. The SMILES string of the molecule is CC(=O)OC[C@H]1OC(c2ccc(C)c(Cc3ccc(-c4ccc(F)cc4C4O[C@H](OC(C)=O)[C@@H](OC(C)=O)[C@H](OC(C)=O)[C@H]4OC(C)=O)s3)c2)[C@H](OC(C)=O)[C@@H](OC(C)=O)[C@@H]1OC(C)=O. The van der Waals surface area contributed by atoms with Gasteiger partial charge in [-0.1, -0.05) is 24.3 Å². The van der Waals surface area contributed by atoms with Gasteiger partial charge >= 0.3 is 47.8 Å². The van der Waals surface area contributed by atoms with Gasteiger partial charge in [-0.3, -0.25) is 38.4 Å². The maximum atomic E-state index is 15.3. The fraction of sp³-hybridized carbons (Fsp3) is 0.467. The lowest BCUT2D eigenvalue weighted by atomic mass is 9.88. The molecule has 2 saturated heterocycles. The molecule has 2 aliphatic rings. The van der Waals surface area contributed by atoms with E-state index in [1.54, 1.807) is 12.1 Å². The molecule has 0 spiro atoms. The molecule has 0 amide bonds. The Morgan fingerprint density at radius 1 is 0.554 bits per heavy atom. The molecule has 0 N–H and O–H groups in total. The van der Waals surface area contributed by atoms with Gasteiger partial charge in [-0.2, -0.15) is 0 Å². The molecule has 350 valence electrons. The summed E-state index contributed by atoms with van der Waals surface area (Å²) in [7, 11) is 0. The number of rotatable bonds is 14. The summed E-state index contributed by atoms with van der Waals surface area (Å²) in [6, 6.07) is 12.8. The molecule has 1 aromatic heterocycles. The largest absolute Gasteiger partial charge is 0.463 e. The Balaban J connectivity index is 1.55. The zero-order chi connectivity index (χ0) is 47.9. The van der Waals surface area contributed by atoms with Crippen LogP contribution in [0.2, 0.25) is 0 Å². The van der Waals surface area contributed by atoms with Crippen molar-refractivity contribution in [3.63, 3.8) is 0 Å². The average Bonchev–Trinajstić information content (AvgIpc) is 3.65. The van der Waals surface area contributed by atoms with Gasteiger partial charge in [0.2, 0.25) is 12.4 Å². The van der Waals surface area contributed by atoms with Crippen LogP contribution in [0.25, 0.3) is 10.4 Å². The van der Waals surface area contributed by atoms with Gasteiger partial charge in [-0.15, -0.1) is 11.3 Å². The Hall–Kier alpha value is -6.25. The molecule has 0 saturated carbocycles. The first-order valence-electron chi connectivity index (χ1n) is 20.2. The molecule has 3 aromatic rings. The molecule has 3 heterocycles. The van der Waals surface area contributed by atoms with Gasteiger partial charge in [0.1, 0.15) is 30.7 Å². The summed E-state index contributed by atoms with van der Waals surface area (Å²) >= 11 is 1.31. The van der Waals surface area contributed by atoms with Crippen LogP contribution in [-0.2, 0) is 92.1 Å². The molecule has 0 bridgehead atoms. The minimum absolute atomic E-state index is 0.113. The molecular formula is C45H49FO18S. The standard InChI is InChI=1S/C45H49FO18S/c1-20-10-11-29(37-40(57-23(4)49)42(59-25(6)51)39(56-22(3)48)35(63-37)19-55-21(2)47)16-30(20)17-32-13-15-36(65-32)33-14-12-31(46)18-34(33)38-41(58-24(5)50)43(60-26(7)52)44(61-27(8)53)45(64-38)62-28(9)54/h10-16,18,35,37-45H,17,19H2,1-9H3/t35-,37?,38?,39-,40+,41+,42+,43-,44+,45+/m1/s1. The summed E-state index contributed by atoms with van der Waals surface area (Å²) in [5.74, 6) is -7.05. The minimum atomic E-state index is -1.69. The van der Waals surface area contributed by atoms with E-state index in [4.69, 9.17) is 47.4 Å². The van der Waals surface area contributed by atoms with Crippen molar-refractivity contribution in [1.82, 2.24) is 0 Å². The molecule has 18 nitrogen and oxygen atoms in total. The van der Waals surface area contributed by atoms with Gasteiger partial charge in [-0.25, -0.2) is 4.39 Å². The van der Waals surface area contributed by atoms with Crippen LogP contribution in [0.1, 0.15) is 94.7 Å². The summed E-state index contributed by atoms with van der Waals surface area (Å²) in [4.78, 5) is 99.8. The third kappa shape index (κ3) is 12.9. The van der Waals surface area contributed by atoms with Gasteiger partial charge < -0.3 is 47.4 Å². The topological polar surface area (TPSA) is 229 Å². The fourth-order valence-electron chi connectivity index (χ4n) is 7.64. The van der Waals surface area contributed by atoms with E-state index < -0.39 is 121 Å². The average molecular weight is 929 g/mol. The molecule has 2 fully saturated rings. The number of carbonyl (C=O) groups is 8. The van der Waals surface area contributed by atoms with Crippen LogP contribution in [0.15, 0.2) is 48.5 Å². The molecule has 20 heteroatoms. The van der Waals surface area contributed by atoms with Gasteiger partial charge in [0.05, 0.1) is 0 Å². The van der Waals surface area contributed by atoms with Crippen molar-refractivity contribution in [1.29, 1.82) is 0 Å². The highest BCUT2D eigenvalue weighted by atomic mass is 32.1. The van der Waals surface area contributed by atoms with Crippen LogP contribution >= 0.6 is 11.3 Å². The number of aryl methyl sites for hydroxylation is 1. The van der Waals surface area contributed by atoms with Crippen LogP contribution in [-0.4, -0.2) is 103 Å². The van der Waals surface area contributed by atoms with Crippen molar-refractivity contribution >= 4 is 59.1 Å². The van der Waals surface area contributed by atoms with Crippen molar-refractivity contribution in [3.05, 3.63) is 81.5 Å². The summed E-state index contributed by atoms with van der Waals surface area (Å²) in [6.07, 6.45) is -13.8. The number of thiophene rings is 1. The van der Waals surface area contributed by atoms with Crippen LogP contribution in [0.3, 0.4) is 0 Å². The molecule has 0 aliphatic carbocycles. The van der Waals surface area contributed by atoms with Gasteiger partial charge in [-0.05, 0) is 59.0 Å². The smallest absolute Gasteiger partial charge is 0.305 e. The zero-order valence-electron chi connectivity index (χ0n) is 36.9. The molecule has 5 rings (SSSR count). The Morgan fingerprint density at radius 3 is 1.65 bits per heavy atom. The van der Waals surface area contributed by atoms with E-state index in [0.29, 0.717) is 22.4 Å². The van der Waals surface area contributed by atoms with E-state index >= 15 is 4.39 Å². The Labute approximate surface area is 376 Å². The van der Waals surface area contributed by atoms with Crippen molar-refractivity contribution in [3.8, 4) is 10.4 Å². The second kappa shape index (κ2) is 21.6. The maximum absolute atomic E-state index is 15.3. The number of carbonyl (C=O) groups excluding carboxylic acids is 8. The van der Waals surface area contributed by atoms with E-state index in [0.717, 1.165) is 70.5 Å². The van der Waals surface area contributed by atoms with E-state index in [9.17, 15) is 38.4 Å². The van der Waals surface area contributed by atoms with Crippen molar-refractivity contribution < 1.29 is 90.1 Å². The van der Waals surface area contributed by atoms with Crippen LogP contribution in [0.4, 0.5) is 4.39 Å². The number of esters is 8. The van der Waals surface area contributed by atoms with Gasteiger partial charge in [0.15, 0.2) is 30.5 Å². The number of hydrogen-bond acceptors (Lipinski definition) is 19. The quantitative estimate of drug-likeness (QED) is 0.153. The first-order chi connectivity index (χ1) is 30.6. The normalized spacial score (nSPS) is 25.0. The van der Waals surface area contributed by atoms with Crippen molar-refractivity contribution in [2.75, 3.05) is 6.61 Å². The minimum Gasteiger partial charge on any atom is -0.463 e. The third-order valence-corrected chi connectivity index (χ3v) is 11.1.